The zero-order chi connectivity index (χ0) is 14.4. The summed E-state index contributed by atoms with van der Waals surface area (Å²) in [5.74, 6) is -1.45. The van der Waals surface area contributed by atoms with Crippen molar-refractivity contribution in [3.63, 3.8) is 0 Å². The summed E-state index contributed by atoms with van der Waals surface area (Å²) in [6.07, 6.45) is 1.10. The fourth-order valence-electron chi connectivity index (χ4n) is 0.529. The summed E-state index contributed by atoms with van der Waals surface area (Å²) in [4.78, 5) is 20.3. The maximum absolute atomic E-state index is 10.3. The van der Waals surface area contributed by atoms with E-state index in [1.54, 1.807) is 6.92 Å². The van der Waals surface area contributed by atoms with Gasteiger partial charge in [-0.15, -0.1) is 0 Å². The van der Waals surface area contributed by atoms with Crippen molar-refractivity contribution in [2.45, 2.75) is 13.8 Å². The van der Waals surface area contributed by atoms with Crippen LogP contribution in [0.2, 0.25) is 0 Å². The molecular formula is C12H20O6. The smallest absolute Gasteiger partial charge is 0.333 e. The number of esters is 1. The Balaban J connectivity index is 0. The molecule has 6 nitrogen and oxygen atoms in total. The highest BCUT2D eigenvalue weighted by Gasteiger charge is 2.01. The summed E-state index contributed by atoms with van der Waals surface area (Å²) in [5, 5.41) is 8.23. The van der Waals surface area contributed by atoms with Gasteiger partial charge in [0.2, 0.25) is 0 Å². The first-order valence-corrected chi connectivity index (χ1v) is 5.35. The minimum Gasteiger partial charge on any atom is -0.478 e. The molecule has 0 aliphatic heterocycles. The molecule has 0 saturated heterocycles. The van der Waals surface area contributed by atoms with Crippen molar-refractivity contribution in [3.05, 3.63) is 24.8 Å². The Kier molecular flexibility index (Phi) is 13.9. The van der Waals surface area contributed by atoms with Crippen molar-refractivity contribution in [1.82, 2.24) is 0 Å². The number of hydrogen-bond donors (Lipinski definition) is 1. The van der Waals surface area contributed by atoms with E-state index in [1.165, 1.54) is 0 Å². The standard InChI is InChI=1S/2C6H10O3/c1-3-9-4-5(2)6(7)8;1-3-6(7)9-5-8-4-2/h2-4H2,1H3,(H,7,8);3H,1,4-5H2,2H3. The second kappa shape index (κ2) is 13.4. The van der Waals surface area contributed by atoms with E-state index in [4.69, 9.17) is 14.6 Å². The van der Waals surface area contributed by atoms with Crippen LogP contribution >= 0.6 is 0 Å². The van der Waals surface area contributed by atoms with Gasteiger partial charge in [-0.05, 0) is 13.8 Å². The largest absolute Gasteiger partial charge is 0.478 e. The van der Waals surface area contributed by atoms with E-state index in [2.05, 4.69) is 17.9 Å². The highest BCUT2D eigenvalue weighted by Crippen LogP contribution is 1.89. The van der Waals surface area contributed by atoms with E-state index in [0.29, 0.717) is 13.2 Å². The summed E-state index contributed by atoms with van der Waals surface area (Å²) < 4.78 is 13.9. The molecule has 0 spiro atoms. The van der Waals surface area contributed by atoms with E-state index in [1.807, 2.05) is 6.92 Å². The van der Waals surface area contributed by atoms with Crippen molar-refractivity contribution in [2.24, 2.45) is 0 Å². The highest BCUT2D eigenvalue weighted by molar-refractivity contribution is 5.85. The SMILES string of the molecule is C=C(COCC)C(=O)O.C=CC(=O)OCOCC. The topological polar surface area (TPSA) is 82.1 Å². The molecule has 0 fully saturated rings. The Labute approximate surface area is 107 Å². The van der Waals surface area contributed by atoms with Crippen molar-refractivity contribution in [2.75, 3.05) is 26.6 Å². The molecule has 0 unspecified atom stereocenters. The van der Waals surface area contributed by atoms with Crippen molar-refractivity contribution in [3.8, 4) is 0 Å². The van der Waals surface area contributed by atoms with Gasteiger partial charge in [0.1, 0.15) is 0 Å². The number of carbonyl (C=O) groups excluding carboxylic acids is 1. The lowest BCUT2D eigenvalue weighted by atomic mass is 10.3. The second-order valence-electron chi connectivity index (χ2n) is 2.82. The van der Waals surface area contributed by atoms with Gasteiger partial charge in [-0.25, -0.2) is 9.59 Å². The summed E-state index contributed by atoms with van der Waals surface area (Å²) in [6, 6.07) is 0. The maximum atomic E-state index is 10.3. The molecular weight excluding hydrogens is 240 g/mol. The molecule has 0 heterocycles. The molecule has 0 aliphatic rings. The van der Waals surface area contributed by atoms with Gasteiger partial charge in [0.25, 0.3) is 0 Å². The molecule has 0 aliphatic carbocycles. The summed E-state index contributed by atoms with van der Waals surface area (Å²) in [7, 11) is 0. The zero-order valence-corrected chi connectivity index (χ0v) is 10.8. The van der Waals surface area contributed by atoms with E-state index in [0.717, 1.165) is 6.08 Å². The van der Waals surface area contributed by atoms with Gasteiger partial charge in [-0.3, -0.25) is 0 Å². The van der Waals surface area contributed by atoms with Crippen LogP contribution in [0.3, 0.4) is 0 Å². The summed E-state index contributed by atoms with van der Waals surface area (Å²) in [6.45, 7) is 11.3. The second-order valence-corrected chi connectivity index (χ2v) is 2.82. The van der Waals surface area contributed by atoms with E-state index in [9.17, 15) is 9.59 Å². The number of carboxylic acid groups (broad SMARTS) is 1. The van der Waals surface area contributed by atoms with E-state index >= 15 is 0 Å². The van der Waals surface area contributed by atoms with Crippen LogP contribution < -0.4 is 0 Å². The van der Waals surface area contributed by atoms with Crippen LogP contribution in [0.1, 0.15) is 13.8 Å². The van der Waals surface area contributed by atoms with Crippen LogP contribution in [0.25, 0.3) is 0 Å². The summed E-state index contributed by atoms with van der Waals surface area (Å²) in [5.41, 5.74) is 0.0943. The first-order valence-electron chi connectivity index (χ1n) is 5.35. The zero-order valence-electron chi connectivity index (χ0n) is 10.8. The number of ether oxygens (including phenoxy) is 3. The van der Waals surface area contributed by atoms with Gasteiger partial charge in [-0.2, -0.15) is 0 Å². The van der Waals surface area contributed by atoms with Crippen LogP contribution in [0.15, 0.2) is 24.8 Å². The molecule has 6 heteroatoms. The Morgan fingerprint density at radius 3 is 2.17 bits per heavy atom. The van der Waals surface area contributed by atoms with E-state index < -0.39 is 11.9 Å². The normalized spacial score (nSPS) is 8.78. The molecule has 1 N–H and O–H groups in total. The van der Waals surface area contributed by atoms with Gasteiger partial charge < -0.3 is 19.3 Å². The molecule has 0 saturated carbocycles. The molecule has 0 aromatic rings. The average Bonchev–Trinajstić information content (AvgIpc) is 2.36. The average molecular weight is 260 g/mol. The van der Waals surface area contributed by atoms with Gasteiger partial charge in [0.15, 0.2) is 6.79 Å². The monoisotopic (exact) mass is 260 g/mol. The summed E-state index contributed by atoms with van der Waals surface area (Å²) >= 11 is 0. The maximum Gasteiger partial charge on any atom is 0.333 e. The Morgan fingerprint density at radius 1 is 1.22 bits per heavy atom. The lowest BCUT2D eigenvalue weighted by molar-refractivity contribution is -0.149. The third-order valence-corrected chi connectivity index (χ3v) is 1.44. The molecule has 0 bridgehead atoms. The van der Waals surface area contributed by atoms with Gasteiger partial charge in [0.05, 0.1) is 12.2 Å². The minimum absolute atomic E-state index is 0.0152. The Morgan fingerprint density at radius 2 is 1.78 bits per heavy atom. The molecule has 0 rings (SSSR count). The molecule has 0 radical (unpaired) electrons. The lowest BCUT2D eigenvalue weighted by Gasteiger charge is -1.98. The number of rotatable bonds is 8. The third-order valence-electron chi connectivity index (χ3n) is 1.44. The fourth-order valence-corrected chi connectivity index (χ4v) is 0.529. The lowest BCUT2D eigenvalue weighted by Crippen LogP contribution is -2.06. The fraction of sp³-hybridized carbons (Fsp3) is 0.500. The van der Waals surface area contributed by atoms with Gasteiger partial charge in [0, 0.05) is 19.3 Å². The number of carbonyl (C=O) groups is 2. The van der Waals surface area contributed by atoms with Crippen molar-refractivity contribution in [1.29, 1.82) is 0 Å². The van der Waals surface area contributed by atoms with Crippen LogP contribution in [0.4, 0.5) is 0 Å². The molecule has 0 amide bonds. The predicted octanol–water partition coefficient (Wildman–Crippen LogP) is 1.37. The molecule has 0 aromatic heterocycles. The third kappa shape index (κ3) is 14.3. The van der Waals surface area contributed by atoms with Crippen LogP contribution in [-0.4, -0.2) is 43.7 Å². The molecule has 104 valence electrons. The van der Waals surface area contributed by atoms with Crippen molar-refractivity contribution >= 4 is 11.9 Å². The quantitative estimate of drug-likeness (QED) is 0.307. The van der Waals surface area contributed by atoms with Crippen molar-refractivity contribution < 1.29 is 28.9 Å². The van der Waals surface area contributed by atoms with Crippen LogP contribution in [-0.2, 0) is 23.8 Å². The first-order chi connectivity index (χ1) is 8.49. The van der Waals surface area contributed by atoms with Crippen LogP contribution in [0.5, 0.6) is 0 Å². The predicted molar refractivity (Wildman–Crippen MR) is 66.1 cm³/mol. The number of carboxylic acids is 1. The minimum atomic E-state index is -0.997. The van der Waals surface area contributed by atoms with Crippen LogP contribution in [0, 0.1) is 0 Å². The Bertz CT molecular complexity index is 270. The Hall–Kier alpha value is -1.66. The first kappa shape index (κ1) is 18.7. The van der Waals surface area contributed by atoms with Gasteiger partial charge >= 0.3 is 11.9 Å². The van der Waals surface area contributed by atoms with E-state index in [-0.39, 0.29) is 19.0 Å². The molecule has 0 aromatic carbocycles. The molecule has 0 atom stereocenters. The highest BCUT2D eigenvalue weighted by atomic mass is 16.7. The molecule has 18 heavy (non-hydrogen) atoms. The number of aliphatic carboxylic acids is 1. The van der Waals surface area contributed by atoms with Gasteiger partial charge in [-0.1, -0.05) is 13.2 Å². The number of hydrogen-bond acceptors (Lipinski definition) is 5.